The topological polar surface area (TPSA) is 33.4 Å². The van der Waals surface area contributed by atoms with Crippen molar-refractivity contribution in [1.82, 2.24) is 0 Å². The molecule has 1 heterocycles. The lowest BCUT2D eigenvalue weighted by atomic mass is 10.1. The Morgan fingerprint density at radius 2 is 2.42 bits per heavy atom. The van der Waals surface area contributed by atoms with Gasteiger partial charge in [-0.25, -0.2) is 0 Å². The highest BCUT2D eigenvalue weighted by Gasteiger charge is 2.29. The molecule has 1 aromatic rings. The zero-order chi connectivity index (χ0) is 8.39. The lowest BCUT2D eigenvalue weighted by Gasteiger charge is -2.06. The minimum Gasteiger partial charge on any atom is -0.469 e. The van der Waals surface area contributed by atoms with E-state index in [1.807, 2.05) is 12.1 Å². The van der Waals surface area contributed by atoms with Gasteiger partial charge in [0.1, 0.15) is 5.76 Å². The van der Waals surface area contributed by atoms with Crippen LogP contribution in [0.25, 0.3) is 0 Å². The SMILES string of the molecule is OC(CCc1ccco1)C1CC1. The van der Waals surface area contributed by atoms with Gasteiger partial charge >= 0.3 is 0 Å². The first-order valence-electron chi connectivity index (χ1n) is 4.56. The molecule has 0 aromatic carbocycles. The van der Waals surface area contributed by atoms with E-state index in [2.05, 4.69) is 0 Å². The summed E-state index contributed by atoms with van der Waals surface area (Å²) >= 11 is 0. The Balaban J connectivity index is 1.74. The smallest absolute Gasteiger partial charge is 0.103 e. The minimum absolute atomic E-state index is 0.102. The Labute approximate surface area is 72.2 Å². The Morgan fingerprint density at radius 3 is 3.00 bits per heavy atom. The third-order valence-corrected chi connectivity index (χ3v) is 2.43. The number of furan rings is 1. The van der Waals surface area contributed by atoms with Gasteiger partial charge in [-0.1, -0.05) is 0 Å². The number of aliphatic hydroxyl groups is 1. The van der Waals surface area contributed by atoms with Crippen molar-refractivity contribution in [2.24, 2.45) is 5.92 Å². The van der Waals surface area contributed by atoms with Crippen LogP contribution >= 0.6 is 0 Å². The third-order valence-electron chi connectivity index (χ3n) is 2.43. The maximum atomic E-state index is 9.55. The molecule has 1 unspecified atom stereocenters. The van der Waals surface area contributed by atoms with Crippen LogP contribution in [0.1, 0.15) is 25.0 Å². The van der Waals surface area contributed by atoms with Crippen LogP contribution in [0.3, 0.4) is 0 Å². The van der Waals surface area contributed by atoms with Crippen molar-refractivity contribution < 1.29 is 9.52 Å². The second-order valence-electron chi connectivity index (χ2n) is 3.52. The monoisotopic (exact) mass is 166 g/mol. The second kappa shape index (κ2) is 3.31. The average Bonchev–Trinajstić information content (AvgIpc) is 2.80. The normalized spacial score (nSPS) is 19.4. The molecule has 2 nitrogen and oxygen atoms in total. The van der Waals surface area contributed by atoms with Crippen molar-refractivity contribution in [2.45, 2.75) is 31.8 Å². The average molecular weight is 166 g/mol. The molecule has 0 spiro atoms. The first-order chi connectivity index (χ1) is 5.86. The molecule has 12 heavy (non-hydrogen) atoms. The minimum atomic E-state index is -0.102. The van der Waals surface area contributed by atoms with Crippen molar-refractivity contribution in [3.05, 3.63) is 24.2 Å². The summed E-state index contributed by atoms with van der Waals surface area (Å²) in [6, 6.07) is 3.85. The van der Waals surface area contributed by atoms with E-state index in [9.17, 15) is 5.11 Å². The molecule has 2 heteroatoms. The number of hydrogen-bond acceptors (Lipinski definition) is 2. The van der Waals surface area contributed by atoms with Crippen LogP contribution < -0.4 is 0 Å². The summed E-state index contributed by atoms with van der Waals surface area (Å²) in [6.45, 7) is 0. The summed E-state index contributed by atoms with van der Waals surface area (Å²) < 4.78 is 5.17. The van der Waals surface area contributed by atoms with Gasteiger partial charge in [-0.3, -0.25) is 0 Å². The maximum absolute atomic E-state index is 9.55. The fraction of sp³-hybridized carbons (Fsp3) is 0.600. The predicted octanol–water partition coefficient (Wildman–Crippen LogP) is 1.98. The van der Waals surface area contributed by atoms with Gasteiger partial charge in [-0.15, -0.1) is 0 Å². The molecule has 2 rings (SSSR count). The fourth-order valence-electron chi connectivity index (χ4n) is 1.46. The lowest BCUT2D eigenvalue weighted by Crippen LogP contribution is -2.09. The summed E-state index contributed by atoms with van der Waals surface area (Å²) in [4.78, 5) is 0. The van der Waals surface area contributed by atoms with E-state index in [0.29, 0.717) is 5.92 Å². The van der Waals surface area contributed by atoms with Gasteiger partial charge in [-0.05, 0) is 37.3 Å². The van der Waals surface area contributed by atoms with E-state index < -0.39 is 0 Å². The predicted molar refractivity (Wildman–Crippen MR) is 45.8 cm³/mol. The molecule has 1 aromatic heterocycles. The van der Waals surface area contributed by atoms with Gasteiger partial charge in [0.2, 0.25) is 0 Å². The molecule has 66 valence electrons. The van der Waals surface area contributed by atoms with Gasteiger partial charge in [0.15, 0.2) is 0 Å². The third kappa shape index (κ3) is 1.89. The highest BCUT2D eigenvalue weighted by Crippen LogP contribution is 2.34. The fourth-order valence-corrected chi connectivity index (χ4v) is 1.46. The summed E-state index contributed by atoms with van der Waals surface area (Å²) in [5.41, 5.74) is 0. The molecule has 0 amide bonds. The molecular formula is C10H14O2. The Morgan fingerprint density at radius 1 is 1.58 bits per heavy atom. The molecule has 1 aliphatic carbocycles. The van der Waals surface area contributed by atoms with E-state index in [1.54, 1.807) is 6.26 Å². The van der Waals surface area contributed by atoms with E-state index in [0.717, 1.165) is 18.6 Å². The summed E-state index contributed by atoms with van der Waals surface area (Å²) in [6.07, 6.45) is 5.70. The van der Waals surface area contributed by atoms with Gasteiger partial charge < -0.3 is 9.52 Å². The number of aryl methyl sites for hydroxylation is 1. The largest absolute Gasteiger partial charge is 0.469 e. The van der Waals surface area contributed by atoms with Crippen LogP contribution in [0, 0.1) is 5.92 Å². The highest BCUT2D eigenvalue weighted by molar-refractivity contribution is 4.98. The molecule has 1 atom stereocenters. The number of aliphatic hydroxyl groups excluding tert-OH is 1. The Bertz CT molecular complexity index is 224. The van der Waals surface area contributed by atoms with E-state index in [-0.39, 0.29) is 6.10 Å². The molecule has 0 aliphatic heterocycles. The van der Waals surface area contributed by atoms with Crippen molar-refractivity contribution in [3.8, 4) is 0 Å². The van der Waals surface area contributed by atoms with Crippen LogP contribution in [0.15, 0.2) is 22.8 Å². The van der Waals surface area contributed by atoms with Crippen LogP contribution in [0.2, 0.25) is 0 Å². The van der Waals surface area contributed by atoms with E-state index in [1.165, 1.54) is 12.8 Å². The highest BCUT2D eigenvalue weighted by atomic mass is 16.3. The van der Waals surface area contributed by atoms with Crippen molar-refractivity contribution >= 4 is 0 Å². The van der Waals surface area contributed by atoms with Crippen molar-refractivity contribution in [1.29, 1.82) is 0 Å². The first-order valence-corrected chi connectivity index (χ1v) is 4.56. The van der Waals surface area contributed by atoms with Gasteiger partial charge in [0, 0.05) is 6.42 Å². The molecular weight excluding hydrogens is 152 g/mol. The molecule has 0 radical (unpaired) electrons. The van der Waals surface area contributed by atoms with Gasteiger partial charge in [0.05, 0.1) is 12.4 Å². The summed E-state index contributed by atoms with van der Waals surface area (Å²) in [7, 11) is 0. The van der Waals surface area contributed by atoms with Crippen LogP contribution in [0.5, 0.6) is 0 Å². The Hall–Kier alpha value is -0.760. The number of hydrogen-bond donors (Lipinski definition) is 1. The zero-order valence-corrected chi connectivity index (χ0v) is 7.07. The Kier molecular flexibility index (Phi) is 2.17. The standard InChI is InChI=1S/C10H14O2/c11-10(8-3-4-8)6-5-9-2-1-7-12-9/h1-2,7-8,10-11H,3-6H2. The van der Waals surface area contributed by atoms with Crippen molar-refractivity contribution in [3.63, 3.8) is 0 Å². The molecule has 1 aliphatic rings. The first kappa shape index (κ1) is 7.87. The van der Waals surface area contributed by atoms with Crippen LogP contribution in [0.4, 0.5) is 0 Å². The van der Waals surface area contributed by atoms with E-state index in [4.69, 9.17) is 4.42 Å². The molecule has 1 fully saturated rings. The molecule has 1 saturated carbocycles. The quantitative estimate of drug-likeness (QED) is 0.742. The maximum Gasteiger partial charge on any atom is 0.103 e. The second-order valence-corrected chi connectivity index (χ2v) is 3.52. The van der Waals surface area contributed by atoms with E-state index >= 15 is 0 Å². The van der Waals surface area contributed by atoms with Crippen molar-refractivity contribution in [2.75, 3.05) is 0 Å². The van der Waals surface area contributed by atoms with Crippen LogP contribution in [-0.2, 0) is 6.42 Å². The number of rotatable bonds is 4. The van der Waals surface area contributed by atoms with Gasteiger partial charge in [-0.2, -0.15) is 0 Å². The molecule has 0 saturated heterocycles. The van der Waals surface area contributed by atoms with Gasteiger partial charge in [0.25, 0.3) is 0 Å². The summed E-state index contributed by atoms with van der Waals surface area (Å²) in [5.74, 6) is 1.56. The zero-order valence-electron chi connectivity index (χ0n) is 7.07. The lowest BCUT2D eigenvalue weighted by molar-refractivity contribution is 0.140. The molecule has 0 bridgehead atoms. The molecule has 1 N–H and O–H groups in total. The van der Waals surface area contributed by atoms with Crippen LogP contribution in [-0.4, -0.2) is 11.2 Å². The summed E-state index contributed by atoms with van der Waals surface area (Å²) in [5, 5.41) is 9.55.